The lowest BCUT2D eigenvalue weighted by molar-refractivity contribution is 0.0342. The van der Waals surface area contributed by atoms with Gasteiger partial charge < -0.3 is 15.0 Å². The molecule has 7 heteroatoms. The third-order valence-electron chi connectivity index (χ3n) is 5.09. The minimum atomic E-state index is 0. The molecule has 0 saturated carbocycles. The number of rotatable bonds is 5. The predicted molar refractivity (Wildman–Crippen MR) is 126 cm³/mol. The summed E-state index contributed by atoms with van der Waals surface area (Å²) in [6.07, 6.45) is 1.22. The van der Waals surface area contributed by atoms with Crippen molar-refractivity contribution >= 4 is 41.7 Å². The first-order valence-corrected chi connectivity index (χ1v) is 10.8. The van der Waals surface area contributed by atoms with Crippen LogP contribution in [-0.4, -0.2) is 73.2 Å². The molecule has 0 bridgehead atoms. The number of halogens is 1. The lowest BCUT2D eigenvalue weighted by Crippen LogP contribution is -2.47. The number of benzene rings is 1. The molecule has 0 aromatic heterocycles. The van der Waals surface area contributed by atoms with Gasteiger partial charge in [-0.3, -0.25) is 9.89 Å². The van der Waals surface area contributed by atoms with Crippen LogP contribution in [0.3, 0.4) is 0 Å². The molecule has 1 atom stereocenters. The Morgan fingerprint density at radius 3 is 2.56 bits per heavy atom. The van der Waals surface area contributed by atoms with E-state index in [9.17, 15) is 0 Å². The molecular formula is C20H33IN4OS. The summed E-state index contributed by atoms with van der Waals surface area (Å²) in [5.74, 6) is 2.22. The zero-order valence-electron chi connectivity index (χ0n) is 16.5. The van der Waals surface area contributed by atoms with E-state index in [1.165, 1.54) is 23.3 Å². The van der Waals surface area contributed by atoms with Crippen LogP contribution >= 0.6 is 35.7 Å². The molecule has 3 rings (SSSR count). The van der Waals surface area contributed by atoms with Crippen molar-refractivity contribution in [1.82, 2.24) is 15.1 Å². The Bertz CT molecular complexity index is 578. The molecule has 2 aliphatic rings. The summed E-state index contributed by atoms with van der Waals surface area (Å²) in [6, 6.07) is 8.97. The molecule has 1 aromatic rings. The summed E-state index contributed by atoms with van der Waals surface area (Å²) in [7, 11) is 1.89. The van der Waals surface area contributed by atoms with E-state index < -0.39 is 0 Å². The molecule has 0 radical (unpaired) electrons. The van der Waals surface area contributed by atoms with Crippen molar-refractivity contribution in [3.8, 4) is 0 Å². The quantitative estimate of drug-likeness (QED) is 0.379. The highest BCUT2D eigenvalue weighted by Crippen LogP contribution is 2.21. The lowest BCUT2D eigenvalue weighted by atomic mass is 10.1. The van der Waals surface area contributed by atoms with E-state index in [2.05, 4.69) is 63.1 Å². The monoisotopic (exact) mass is 504 g/mol. The average molecular weight is 504 g/mol. The number of aliphatic imine (C=N–C) groups is 1. The van der Waals surface area contributed by atoms with E-state index in [1.807, 2.05) is 7.05 Å². The second-order valence-corrected chi connectivity index (χ2v) is 8.36. The van der Waals surface area contributed by atoms with E-state index >= 15 is 0 Å². The van der Waals surface area contributed by atoms with Gasteiger partial charge in [0.05, 0.1) is 13.2 Å². The highest BCUT2D eigenvalue weighted by molar-refractivity contribution is 14.0. The molecule has 2 aliphatic heterocycles. The van der Waals surface area contributed by atoms with Crippen molar-refractivity contribution < 1.29 is 4.74 Å². The van der Waals surface area contributed by atoms with Crippen LogP contribution in [0.2, 0.25) is 0 Å². The van der Waals surface area contributed by atoms with Crippen LogP contribution in [0.15, 0.2) is 29.3 Å². The number of hydrogen-bond acceptors (Lipinski definition) is 4. The highest BCUT2D eigenvalue weighted by atomic mass is 127. The number of morpholine rings is 1. The molecule has 0 spiro atoms. The van der Waals surface area contributed by atoms with E-state index in [0.717, 1.165) is 63.7 Å². The molecule has 27 heavy (non-hydrogen) atoms. The van der Waals surface area contributed by atoms with E-state index in [4.69, 9.17) is 4.74 Å². The zero-order chi connectivity index (χ0) is 18.2. The normalized spacial score (nSPS) is 21.6. The third-order valence-corrected chi connectivity index (χ3v) is 6.46. The topological polar surface area (TPSA) is 40.1 Å². The largest absolute Gasteiger partial charge is 0.379 e. The predicted octanol–water partition coefficient (Wildman–Crippen LogP) is 3.04. The Morgan fingerprint density at radius 2 is 1.89 bits per heavy atom. The average Bonchev–Trinajstić information content (AvgIpc) is 2.70. The summed E-state index contributed by atoms with van der Waals surface area (Å²) in [5.41, 5.74) is 2.68. The Balaban J connectivity index is 0.00000261. The van der Waals surface area contributed by atoms with Gasteiger partial charge in [-0.2, -0.15) is 11.8 Å². The Hall–Kier alpha value is -0.510. The molecule has 0 amide bonds. The summed E-state index contributed by atoms with van der Waals surface area (Å²) in [4.78, 5) is 9.35. The molecule has 2 saturated heterocycles. The Morgan fingerprint density at radius 1 is 1.19 bits per heavy atom. The Kier molecular flexibility index (Phi) is 10.2. The van der Waals surface area contributed by atoms with Gasteiger partial charge in [-0.1, -0.05) is 31.2 Å². The van der Waals surface area contributed by atoms with Gasteiger partial charge in [0.25, 0.3) is 0 Å². The number of guanidine groups is 1. The molecule has 1 unspecified atom stereocenters. The highest BCUT2D eigenvalue weighted by Gasteiger charge is 2.21. The van der Waals surface area contributed by atoms with Crippen molar-refractivity contribution in [3.05, 3.63) is 35.4 Å². The number of hydrogen-bond donors (Lipinski definition) is 1. The van der Waals surface area contributed by atoms with Crippen molar-refractivity contribution in [1.29, 1.82) is 0 Å². The fourth-order valence-electron chi connectivity index (χ4n) is 3.45. The van der Waals surface area contributed by atoms with Crippen molar-refractivity contribution in [2.24, 2.45) is 4.99 Å². The van der Waals surface area contributed by atoms with Crippen molar-refractivity contribution in [2.75, 3.05) is 52.2 Å². The second-order valence-electron chi connectivity index (χ2n) is 6.95. The summed E-state index contributed by atoms with van der Waals surface area (Å²) >= 11 is 2.09. The number of nitrogens with one attached hydrogen (secondary N) is 1. The van der Waals surface area contributed by atoms with Crippen LogP contribution in [0.1, 0.15) is 24.5 Å². The van der Waals surface area contributed by atoms with Crippen LogP contribution in [0.5, 0.6) is 0 Å². The van der Waals surface area contributed by atoms with Crippen LogP contribution in [0.25, 0.3) is 0 Å². The van der Waals surface area contributed by atoms with Crippen LogP contribution in [0, 0.1) is 0 Å². The molecule has 152 valence electrons. The van der Waals surface area contributed by atoms with Crippen molar-refractivity contribution in [3.63, 3.8) is 0 Å². The van der Waals surface area contributed by atoms with Crippen LogP contribution in [-0.2, 0) is 17.8 Å². The van der Waals surface area contributed by atoms with E-state index in [0.29, 0.717) is 0 Å². The van der Waals surface area contributed by atoms with Gasteiger partial charge in [0.15, 0.2) is 5.96 Å². The third kappa shape index (κ3) is 7.11. The smallest absolute Gasteiger partial charge is 0.193 e. The van der Waals surface area contributed by atoms with Gasteiger partial charge in [0.2, 0.25) is 0 Å². The first kappa shape index (κ1) is 22.8. The van der Waals surface area contributed by atoms with Crippen LogP contribution < -0.4 is 5.32 Å². The Labute approximate surface area is 185 Å². The molecule has 2 fully saturated rings. The zero-order valence-corrected chi connectivity index (χ0v) is 19.7. The SMILES string of the molecule is CCC1CN(C(=NC)NCc2ccc(CN3CCOCC3)cc2)CCS1.I. The van der Waals surface area contributed by atoms with Gasteiger partial charge in [-0.25, -0.2) is 0 Å². The minimum absolute atomic E-state index is 0. The minimum Gasteiger partial charge on any atom is -0.379 e. The summed E-state index contributed by atoms with van der Waals surface area (Å²) in [6.45, 7) is 10.1. The molecular weight excluding hydrogens is 471 g/mol. The summed E-state index contributed by atoms with van der Waals surface area (Å²) in [5, 5.41) is 4.26. The van der Waals surface area contributed by atoms with Gasteiger partial charge >= 0.3 is 0 Å². The number of ether oxygens (including phenoxy) is 1. The maximum Gasteiger partial charge on any atom is 0.193 e. The fourth-order valence-corrected chi connectivity index (χ4v) is 4.63. The van der Waals surface area contributed by atoms with Crippen molar-refractivity contribution in [2.45, 2.75) is 31.7 Å². The van der Waals surface area contributed by atoms with Crippen LogP contribution in [0.4, 0.5) is 0 Å². The van der Waals surface area contributed by atoms with Gasteiger partial charge in [-0.15, -0.1) is 24.0 Å². The molecule has 1 N–H and O–H groups in total. The van der Waals surface area contributed by atoms with E-state index in [-0.39, 0.29) is 24.0 Å². The molecule has 1 aromatic carbocycles. The molecule has 5 nitrogen and oxygen atoms in total. The maximum atomic E-state index is 5.42. The first-order chi connectivity index (χ1) is 12.8. The first-order valence-electron chi connectivity index (χ1n) is 9.73. The molecule has 0 aliphatic carbocycles. The summed E-state index contributed by atoms with van der Waals surface area (Å²) < 4.78 is 5.42. The number of nitrogens with zero attached hydrogens (tertiary/aromatic N) is 3. The maximum absolute atomic E-state index is 5.42. The fraction of sp³-hybridized carbons (Fsp3) is 0.650. The lowest BCUT2D eigenvalue weighted by Gasteiger charge is -2.34. The van der Waals surface area contributed by atoms with E-state index in [1.54, 1.807) is 0 Å². The standard InChI is InChI=1S/C20H32N4OS.HI/c1-3-19-16-24(10-13-26-19)20(21-2)22-14-17-4-6-18(7-5-17)15-23-8-11-25-12-9-23;/h4-7,19H,3,8-16H2,1-2H3,(H,21,22);1H. The van der Waals surface area contributed by atoms with Gasteiger partial charge in [-0.05, 0) is 17.5 Å². The van der Waals surface area contributed by atoms with Gasteiger partial charge in [0.1, 0.15) is 0 Å². The number of thioether (sulfide) groups is 1. The molecule has 2 heterocycles. The van der Waals surface area contributed by atoms with Gasteiger partial charge in [0, 0.05) is 57.3 Å². The second kappa shape index (κ2) is 12.1.